The zero-order chi connectivity index (χ0) is 21.2. The van der Waals surface area contributed by atoms with E-state index in [2.05, 4.69) is 21.3 Å². The third-order valence-corrected chi connectivity index (χ3v) is 6.71. The molecule has 2 aromatic rings. The second-order valence-electron chi connectivity index (χ2n) is 7.03. The molecule has 162 valence electrons. The Morgan fingerprint density at radius 3 is 2.97 bits per heavy atom. The van der Waals surface area contributed by atoms with Crippen LogP contribution in [0.25, 0.3) is 0 Å². The molecule has 7 nitrogen and oxygen atoms in total. The van der Waals surface area contributed by atoms with Gasteiger partial charge in [-0.1, -0.05) is 0 Å². The van der Waals surface area contributed by atoms with Gasteiger partial charge in [0.25, 0.3) is 0 Å². The first-order valence-electron chi connectivity index (χ1n) is 9.84. The first-order valence-corrected chi connectivity index (χ1v) is 12.5. The molecular formula is C21H27N3O4S2. The van der Waals surface area contributed by atoms with Crippen LogP contribution in [0.4, 0.5) is 0 Å². The number of carbonyl (C=O) groups is 1. The normalized spacial score (nSPS) is 16.3. The van der Waals surface area contributed by atoms with Gasteiger partial charge in [0.2, 0.25) is 5.91 Å². The van der Waals surface area contributed by atoms with E-state index in [1.165, 1.54) is 23.3 Å². The van der Waals surface area contributed by atoms with Crippen LogP contribution in [0.1, 0.15) is 17.0 Å². The van der Waals surface area contributed by atoms with Crippen molar-refractivity contribution in [3.8, 4) is 0 Å². The fourth-order valence-corrected chi connectivity index (χ4v) is 5.00. The van der Waals surface area contributed by atoms with Crippen LogP contribution < -0.4 is 5.32 Å². The van der Waals surface area contributed by atoms with E-state index in [0.717, 1.165) is 25.3 Å². The van der Waals surface area contributed by atoms with E-state index in [4.69, 9.17) is 4.42 Å². The van der Waals surface area contributed by atoms with Crippen LogP contribution >= 0.6 is 11.8 Å². The lowest BCUT2D eigenvalue weighted by molar-refractivity contribution is -0.118. The number of nitrogens with one attached hydrogen (secondary N) is 1. The number of allylic oxidation sites excluding steroid dienone is 1. The number of nitrogens with zero attached hydrogens (tertiary/aromatic N) is 2. The summed E-state index contributed by atoms with van der Waals surface area (Å²) in [6, 6.07) is 7.52. The fraction of sp³-hybridized carbons (Fsp3) is 0.429. The number of hydrogen-bond donors (Lipinski definition) is 2. The maximum atomic E-state index is 12.0. The molecular weight excluding hydrogens is 422 g/mol. The van der Waals surface area contributed by atoms with Crippen molar-refractivity contribution in [3.05, 3.63) is 65.6 Å². The summed E-state index contributed by atoms with van der Waals surface area (Å²) in [6.07, 6.45) is 5.43. The molecule has 1 fully saturated rings. The van der Waals surface area contributed by atoms with Crippen LogP contribution in [-0.4, -0.2) is 62.0 Å². The van der Waals surface area contributed by atoms with Gasteiger partial charge in [-0.15, -0.1) is 0 Å². The molecule has 0 spiro atoms. The summed E-state index contributed by atoms with van der Waals surface area (Å²) in [7, 11) is -1.36. The number of thioether (sulfide) groups is 1. The monoisotopic (exact) mass is 449 g/mol. The maximum absolute atomic E-state index is 12.0. The van der Waals surface area contributed by atoms with Crippen LogP contribution in [0.2, 0.25) is 0 Å². The lowest BCUT2D eigenvalue weighted by Crippen LogP contribution is -2.32. The smallest absolute Gasteiger partial charge is 0.233 e. The summed E-state index contributed by atoms with van der Waals surface area (Å²) >= 11 is 1.99. The van der Waals surface area contributed by atoms with Crippen LogP contribution in [-0.2, 0) is 34.3 Å². The summed E-state index contributed by atoms with van der Waals surface area (Å²) in [5, 5.41) is 12.6. The minimum absolute atomic E-state index is 0.00191. The number of carbonyl (C=O) groups excluding carboxylic acids is 1. The fourth-order valence-electron chi connectivity index (χ4n) is 3.04. The molecule has 1 atom stereocenters. The molecule has 0 radical (unpaired) electrons. The molecule has 3 heterocycles. The molecule has 1 aliphatic rings. The lowest BCUT2D eigenvalue weighted by Gasteiger charge is -2.26. The maximum Gasteiger partial charge on any atom is 0.233 e. The van der Waals surface area contributed by atoms with Crippen molar-refractivity contribution in [2.24, 2.45) is 0 Å². The minimum Gasteiger partial charge on any atom is -0.511 e. The number of aromatic nitrogens is 1. The molecule has 0 aromatic carbocycles. The second-order valence-corrected chi connectivity index (χ2v) is 9.71. The first kappa shape index (κ1) is 22.6. The summed E-state index contributed by atoms with van der Waals surface area (Å²) in [4.78, 5) is 18.7. The van der Waals surface area contributed by atoms with Gasteiger partial charge in [-0.3, -0.25) is 18.9 Å². The molecule has 1 saturated heterocycles. The second kappa shape index (κ2) is 11.9. The third-order valence-electron chi connectivity index (χ3n) is 4.58. The predicted octanol–water partition coefficient (Wildman–Crippen LogP) is 2.27. The Morgan fingerprint density at radius 1 is 1.37 bits per heavy atom. The summed E-state index contributed by atoms with van der Waals surface area (Å²) in [5.41, 5.74) is 2.09. The average Bonchev–Trinajstić information content (AvgIpc) is 3.24. The van der Waals surface area contributed by atoms with Gasteiger partial charge in [-0.25, -0.2) is 0 Å². The third kappa shape index (κ3) is 7.97. The van der Waals surface area contributed by atoms with Gasteiger partial charge < -0.3 is 14.8 Å². The zero-order valence-electron chi connectivity index (χ0n) is 16.8. The van der Waals surface area contributed by atoms with Gasteiger partial charge in [0.1, 0.15) is 17.3 Å². The number of pyridine rings is 1. The van der Waals surface area contributed by atoms with Crippen molar-refractivity contribution in [3.63, 3.8) is 0 Å². The molecule has 1 unspecified atom stereocenters. The van der Waals surface area contributed by atoms with Crippen LogP contribution in [0.3, 0.4) is 0 Å². The van der Waals surface area contributed by atoms with E-state index in [9.17, 15) is 14.1 Å². The van der Waals surface area contributed by atoms with E-state index in [0.29, 0.717) is 12.2 Å². The average molecular weight is 450 g/mol. The van der Waals surface area contributed by atoms with E-state index in [1.807, 2.05) is 17.8 Å². The Labute approximate surface area is 183 Å². The highest BCUT2D eigenvalue weighted by Gasteiger charge is 2.12. The van der Waals surface area contributed by atoms with Crippen LogP contribution in [0.5, 0.6) is 0 Å². The van der Waals surface area contributed by atoms with E-state index in [-0.39, 0.29) is 29.7 Å². The molecule has 2 N–H and O–H groups in total. The first-order chi connectivity index (χ1) is 14.6. The lowest BCUT2D eigenvalue weighted by atomic mass is 10.1. The molecule has 3 rings (SSSR count). The number of furan rings is 1. The van der Waals surface area contributed by atoms with Gasteiger partial charge in [0.15, 0.2) is 0 Å². The Kier molecular flexibility index (Phi) is 8.98. The number of amides is 1. The largest absolute Gasteiger partial charge is 0.511 e. The number of hydrogen-bond acceptors (Lipinski definition) is 7. The highest BCUT2D eigenvalue weighted by Crippen LogP contribution is 2.13. The van der Waals surface area contributed by atoms with Gasteiger partial charge in [-0.05, 0) is 35.9 Å². The molecule has 9 heteroatoms. The SMILES string of the molecule is O=C(CS(=O)Cc1ccco1)NCC(O)=CCc1cc(CN2CCSCC2)ccn1. The van der Waals surface area contributed by atoms with Crippen molar-refractivity contribution < 1.29 is 18.5 Å². The number of aliphatic hydroxyl groups excluding tert-OH is 1. The van der Waals surface area contributed by atoms with Crippen molar-refractivity contribution in [2.45, 2.75) is 18.7 Å². The Morgan fingerprint density at radius 2 is 2.20 bits per heavy atom. The number of rotatable bonds is 10. The van der Waals surface area contributed by atoms with Crippen molar-refractivity contribution >= 4 is 28.5 Å². The quantitative estimate of drug-likeness (QED) is 0.537. The van der Waals surface area contributed by atoms with Crippen molar-refractivity contribution in [1.82, 2.24) is 15.2 Å². The van der Waals surface area contributed by atoms with E-state index < -0.39 is 10.8 Å². The Hall–Kier alpha value is -2.10. The molecule has 0 aliphatic carbocycles. The van der Waals surface area contributed by atoms with Crippen LogP contribution in [0.15, 0.2) is 53.0 Å². The van der Waals surface area contributed by atoms with Gasteiger partial charge in [0.05, 0.1) is 18.6 Å². The highest BCUT2D eigenvalue weighted by atomic mass is 32.2. The molecule has 2 aromatic heterocycles. The van der Waals surface area contributed by atoms with Crippen molar-refractivity contribution in [2.75, 3.05) is 36.9 Å². The summed E-state index contributed by atoms with van der Waals surface area (Å²) in [5.74, 6) is 2.68. The topological polar surface area (TPSA) is 95.7 Å². The minimum atomic E-state index is -1.36. The predicted molar refractivity (Wildman–Crippen MR) is 120 cm³/mol. The molecule has 1 aliphatic heterocycles. The molecule has 0 saturated carbocycles. The highest BCUT2D eigenvalue weighted by molar-refractivity contribution is 7.99. The zero-order valence-corrected chi connectivity index (χ0v) is 18.4. The van der Waals surface area contributed by atoms with Crippen molar-refractivity contribution in [1.29, 1.82) is 0 Å². The van der Waals surface area contributed by atoms with Gasteiger partial charge in [0, 0.05) is 60.3 Å². The van der Waals surface area contributed by atoms with E-state index in [1.54, 1.807) is 24.4 Å². The molecule has 0 bridgehead atoms. The summed E-state index contributed by atoms with van der Waals surface area (Å²) < 4.78 is 17.1. The van der Waals surface area contributed by atoms with Gasteiger partial charge in [-0.2, -0.15) is 11.8 Å². The van der Waals surface area contributed by atoms with Gasteiger partial charge >= 0.3 is 0 Å². The Balaban J connectivity index is 1.40. The molecule has 1 amide bonds. The standard InChI is InChI=1S/C21H27N3O4S2/c25-19(13-23-21(26)16-30(27)15-20-2-1-9-28-20)4-3-18-12-17(5-6-22-18)14-24-7-10-29-11-8-24/h1-2,4-6,9,12,25H,3,7-8,10-11,13-16H2,(H,23,26). The molecule has 30 heavy (non-hydrogen) atoms. The van der Waals surface area contributed by atoms with E-state index >= 15 is 0 Å². The summed E-state index contributed by atoms with van der Waals surface area (Å²) in [6.45, 7) is 3.13. The number of aliphatic hydroxyl groups is 1. The van der Waals surface area contributed by atoms with Crippen LogP contribution in [0, 0.1) is 0 Å². The Bertz CT molecular complexity index is 865.